The Kier molecular flexibility index (Phi) is 12.4. The van der Waals surface area contributed by atoms with Gasteiger partial charge in [-0.3, -0.25) is 19.4 Å². The van der Waals surface area contributed by atoms with Crippen molar-refractivity contribution in [3.8, 4) is 0 Å². The van der Waals surface area contributed by atoms with E-state index in [1.54, 1.807) is 27.7 Å². The van der Waals surface area contributed by atoms with E-state index in [1.165, 1.54) is 12.5 Å². The maximum Gasteiger partial charge on any atom is 0.326 e. The monoisotopic (exact) mass is 509 g/mol. The predicted octanol–water partition coefficient (Wildman–Crippen LogP) is -1.82. The zero-order chi connectivity index (χ0) is 27.4. The topological polar surface area (TPSA) is 244 Å². The number of imidazole rings is 1. The summed E-state index contributed by atoms with van der Waals surface area (Å²) in [6.07, 6.45) is 3.45. The summed E-state index contributed by atoms with van der Waals surface area (Å²) in [6.45, 7) is 7.06. The molecule has 14 heteroatoms. The molecule has 1 aromatic rings. The fraction of sp³-hybridized carbons (Fsp3) is 0.636. The van der Waals surface area contributed by atoms with Gasteiger partial charge in [-0.1, -0.05) is 27.7 Å². The third-order valence-corrected chi connectivity index (χ3v) is 5.44. The molecule has 0 aromatic carbocycles. The van der Waals surface area contributed by atoms with E-state index >= 15 is 0 Å². The number of nitrogens with zero attached hydrogens (tertiary/aromatic N) is 2. The Balaban J connectivity index is 3.10. The largest absolute Gasteiger partial charge is 0.480 e. The molecule has 0 aliphatic carbocycles. The number of aliphatic imine (C=N–C) groups is 1. The fourth-order valence-electron chi connectivity index (χ4n) is 3.21. The highest BCUT2D eigenvalue weighted by Crippen LogP contribution is 2.07. The third kappa shape index (κ3) is 10.3. The Morgan fingerprint density at radius 2 is 1.61 bits per heavy atom. The highest BCUT2D eigenvalue weighted by molar-refractivity contribution is 5.94. The second kappa shape index (κ2) is 14.7. The number of carbonyl (C=O) groups excluding carboxylic acids is 3. The maximum absolute atomic E-state index is 13.2. The van der Waals surface area contributed by atoms with Crippen LogP contribution in [-0.2, 0) is 25.6 Å². The molecule has 0 radical (unpaired) electrons. The molecule has 0 aliphatic heterocycles. The van der Waals surface area contributed by atoms with Gasteiger partial charge in [0.1, 0.15) is 18.1 Å². The molecule has 11 N–H and O–H groups in total. The molecule has 0 spiro atoms. The number of nitrogens with one attached hydrogen (secondary N) is 4. The van der Waals surface area contributed by atoms with Crippen LogP contribution in [0.15, 0.2) is 17.5 Å². The van der Waals surface area contributed by atoms with E-state index in [0.717, 1.165) is 0 Å². The van der Waals surface area contributed by atoms with Gasteiger partial charge in [-0.2, -0.15) is 0 Å². The summed E-state index contributed by atoms with van der Waals surface area (Å²) in [5.74, 6) is -3.73. The van der Waals surface area contributed by atoms with E-state index in [-0.39, 0.29) is 31.3 Å². The number of hydrogen-bond acceptors (Lipinski definition) is 7. The number of nitrogens with two attached hydrogens (primary N) is 3. The summed E-state index contributed by atoms with van der Waals surface area (Å²) in [7, 11) is 0. The number of aliphatic carboxylic acids is 1. The van der Waals surface area contributed by atoms with Gasteiger partial charge < -0.3 is 43.2 Å². The van der Waals surface area contributed by atoms with Crippen molar-refractivity contribution in [1.29, 1.82) is 0 Å². The highest BCUT2D eigenvalue weighted by atomic mass is 16.4. The standard InChI is InChI=1S/C22H39N9O5/c1-11(2)16(23)20(34)30-15(8-13-9-26-10-28-13)19(33)29-14(6-5-7-27-22(24)25)18(32)31-17(12(3)4)21(35)36/h9-12,14-17H,5-8,23H2,1-4H3,(H,26,28)(H,29,33)(H,30,34)(H,31,32)(H,35,36)(H4,24,25,27). The molecule has 202 valence electrons. The molecule has 1 rings (SSSR count). The third-order valence-electron chi connectivity index (χ3n) is 5.44. The number of carboxylic acids is 1. The number of hydrogen-bond donors (Lipinski definition) is 8. The van der Waals surface area contributed by atoms with Crippen LogP contribution in [-0.4, -0.2) is 75.4 Å². The molecule has 0 bridgehead atoms. The first-order chi connectivity index (χ1) is 16.8. The first kappa shape index (κ1) is 30.4. The molecule has 4 atom stereocenters. The van der Waals surface area contributed by atoms with E-state index in [2.05, 4.69) is 30.9 Å². The normalized spacial score (nSPS) is 14.4. The fourth-order valence-corrected chi connectivity index (χ4v) is 3.21. The smallest absolute Gasteiger partial charge is 0.326 e. The van der Waals surface area contributed by atoms with E-state index in [4.69, 9.17) is 17.2 Å². The van der Waals surface area contributed by atoms with Crippen molar-refractivity contribution in [2.75, 3.05) is 6.54 Å². The lowest BCUT2D eigenvalue weighted by Gasteiger charge is -2.26. The number of aromatic nitrogens is 2. The molecule has 0 aliphatic rings. The van der Waals surface area contributed by atoms with E-state index in [1.807, 2.05) is 0 Å². The van der Waals surface area contributed by atoms with Crippen molar-refractivity contribution in [2.24, 2.45) is 34.0 Å². The maximum atomic E-state index is 13.2. The minimum absolute atomic E-state index is 0.0640. The van der Waals surface area contributed by atoms with Gasteiger partial charge in [0.25, 0.3) is 0 Å². The first-order valence-corrected chi connectivity index (χ1v) is 11.8. The average molecular weight is 510 g/mol. The van der Waals surface area contributed by atoms with Gasteiger partial charge in [0.15, 0.2) is 5.96 Å². The number of guanidine groups is 1. The number of carboxylic acid groups (broad SMARTS) is 1. The zero-order valence-electron chi connectivity index (χ0n) is 21.2. The molecule has 0 saturated heterocycles. The second-order valence-corrected chi connectivity index (χ2v) is 9.19. The van der Waals surface area contributed by atoms with Crippen LogP contribution in [0, 0.1) is 11.8 Å². The van der Waals surface area contributed by atoms with E-state index < -0.39 is 53.8 Å². The summed E-state index contributed by atoms with van der Waals surface area (Å²) in [6, 6.07) is -4.18. The van der Waals surface area contributed by atoms with Crippen LogP contribution in [0.2, 0.25) is 0 Å². The molecule has 1 aromatic heterocycles. The Morgan fingerprint density at radius 1 is 1.00 bits per heavy atom. The molecule has 4 unspecified atom stereocenters. The number of carbonyl (C=O) groups is 4. The lowest BCUT2D eigenvalue weighted by atomic mass is 10.0. The van der Waals surface area contributed by atoms with E-state index in [0.29, 0.717) is 12.1 Å². The predicted molar refractivity (Wildman–Crippen MR) is 133 cm³/mol. The highest BCUT2D eigenvalue weighted by Gasteiger charge is 2.31. The first-order valence-electron chi connectivity index (χ1n) is 11.8. The molecule has 14 nitrogen and oxygen atoms in total. The quantitative estimate of drug-likeness (QED) is 0.0752. The SMILES string of the molecule is CC(C)C(N)C(=O)NC(Cc1cnc[nH]1)C(=O)NC(CCCN=C(N)N)C(=O)NC(C(=O)O)C(C)C. The van der Waals surface area contributed by atoms with Gasteiger partial charge in [0, 0.05) is 24.9 Å². The van der Waals surface area contributed by atoms with Crippen LogP contribution in [0.25, 0.3) is 0 Å². The summed E-state index contributed by atoms with van der Waals surface area (Å²) in [4.78, 5) is 61.0. The molecule has 0 fully saturated rings. The van der Waals surface area contributed by atoms with Crippen molar-refractivity contribution in [2.45, 2.75) is 71.1 Å². The Labute approximate surface area is 210 Å². The molecule has 36 heavy (non-hydrogen) atoms. The number of rotatable bonds is 15. The van der Waals surface area contributed by atoms with Gasteiger partial charge in [-0.05, 0) is 24.7 Å². The minimum atomic E-state index is -1.20. The lowest BCUT2D eigenvalue weighted by Crippen LogP contribution is -2.58. The lowest BCUT2D eigenvalue weighted by molar-refractivity contribution is -0.143. The minimum Gasteiger partial charge on any atom is -0.480 e. The van der Waals surface area contributed by atoms with Crippen LogP contribution >= 0.6 is 0 Å². The Hall–Kier alpha value is -3.68. The zero-order valence-corrected chi connectivity index (χ0v) is 21.2. The summed E-state index contributed by atoms with van der Waals surface area (Å²) < 4.78 is 0. The van der Waals surface area contributed by atoms with Gasteiger partial charge in [-0.25, -0.2) is 9.78 Å². The van der Waals surface area contributed by atoms with Crippen molar-refractivity contribution < 1.29 is 24.3 Å². The van der Waals surface area contributed by atoms with E-state index in [9.17, 15) is 24.3 Å². The van der Waals surface area contributed by atoms with Crippen molar-refractivity contribution >= 4 is 29.7 Å². The summed E-state index contributed by atoms with van der Waals surface area (Å²) in [5, 5.41) is 17.2. The molecular weight excluding hydrogens is 470 g/mol. The van der Waals surface area contributed by atoms with Crippen LogP contribution in [0.1, 0.15) is 46.2 Å². The van der Waals surface area contributed by atoms with Gasteiger partial charge >= 0.3 is 5.97 Å². The van der Waals surface area contributed by atoms with Crippen molar-refractivity contribution in [3.63, 3.8) is 0 Å². The molecule has 0 saturated carbocycles. The Bertz CT molecular complexity index is 898. The Morgan fingerprint density at radius 3 is 2.11 bits per heavy atom. The van der Waals surface area contributed by atoms with Gasteiger partial charge in [0.2, 0.25) is 17.7 Å². The second-order valence-electron chi connectivity index (χ2n) is 9.19. The van der Waals surface area contributed by atoms with Gasteiger partial charge in [-0.15, -0.1) is 0 Å². The number of aromatic amines is 1. The van der Waals surface area contributed by atoms with Crippen LogP contribution in [0.4, 0.5) is 0 Å². The number of H-pyrrole nitrogens is 1. The summed E-state index contributed by atoms with van der Waals surface area (Å²) >= 11 is 0. The molecule has 1 heterocycles. The summed E-state index contributed by atoms with van der Waals surface area (Å²) in [5.41, 5.74) is 17.2. The molecule has 3 amide bonds. The van der Waals surface area contributed by atoms with Crippen LogP contribution < -0.4 is 33.2 Å². The average Bonchev–Trinajstić information content (AvgIpc) is 3.30. The van der Waals surface area contributed by atoms with Crippen molar-refractivity contribution in [1.82, 2.24) is 25.9 Å². The van der Waals surface area contributed by atoms with Crippen LogP contribution in [0.3, 0.4) is 0 Å². The van der Waals surface area contributed by atoms with Gasteiger partial charge in [0.05, 0.1) is 12.4 Å². The number of amides is 3. The van der Waals surface area contributed by atoms with Crippen LogP contribution in [0.5, 0.6) is 0 Å². The van der Waals surface area contributed by atoms with Crippen molar-refractivity contribution in [3.05, 3.63) is 18.2 Å². The molecular formula is C22H39N9O5.